The van der Waals surface area contributed by atoms with E-state index >= 15 is 0 Å². The Balaban J connectivity index is 2.44. The summed E-state index contributed by atoms with van der Waals surface area (Å²) in [4.78, 5) is 11.7. The van der Waals surface area contributed by atoms with Crippen molar-refractivity contribution in [1.29, 1.82) is 0 Å². The first kappa shape index (κ1) is 15.6. The van der Waals surface area contributed by atoms with Gasteiger partial charge in [-0.2, -0.15) is 0 Å². The second-order valence-corrected chi connectivity index (χ2v) is 5.28. The van der Waals surface area contributed by atoms with E-state index in [0.29, 0.717) is 0 Å². The molecule has 2 unspecified atom stereocenters. The summed E-state index contributed by atoms with van der Waals surface area (Å²) in [6.45, 7) is 5.93. The predicted octanol–water partition coefficient (Wildman–Crippen LogP) is 2.45. The third-order valence-corrected chi connectivity index (χ3v) is 3.19. The van der Waals surface area contributed by atoms with Gasteiger partial charge < -0.3 is 10.4 Å². The average Bonchev–Trinajstić information content (AvgIpc) is 2.35. The molecule has 4 heteroatoms. The molecule has 0 heterocycles. The number of nitrogens with one attached hydrogen (secondary N) is 1. The van der Waals surface area contributed by atoms with Gasteiger partial charge in [0.05, 0.1) is 6.10 Å². The lowest BCUT2D eigenvalue weighted by atomic mass is 9.97. The summed E-state index contributed by atoms with van der Waals surface area (Å²) in [6, 6.07) is 6.28. The maximum Gasteiger partial charge on any atom is 0.220 e. The van der Waals surface area contributed by atoms with Gasteiger partial charge in [0.2, 0.25) is 5.91 Å². The lowest BCUT2D eigenvalue weighted by molar-refractivity contribution is -0.122. The highest BCUT2D eigenvalue weighted by molar-refractivity contribution is 5.76. The van der Waals surface area contributed by atoms with E-state index in [-0.39, 0.29) is 36.5 Å². The summed E-state index contributed by atoms with van der Waals surface area (Å²) in [6.07, 6.45) is -0.248. The van der Waals surface area contributed by atoms with Crippen LogP contribution in [0.3, 0.4) is 0 Å². The molecule has 0 spiro atoms. The molecule has 3 nitrogen and oxygen atoms in total. The molecule has 2 atom stereocenters. The van der Waals surface area contributed by atoms with E-state index in [0.717, 1.165) is 5.56 Å². The number of aliphatic hydroxyl groups is 1. The van der Waals surface area contributed by atoms with Gasteiger partial charge in [0.25, 0.3) is 0 Å². The molecule has 1 aromatic rings. The van der Waals surface area contributed by atoms with Crippen LogP contribution in [-0.2, 0) is 4.79 Å². The van der Waals surface area contributed by atoms with Gasteiger partial charge in [0.1, 0.15) is 5.82 Å². The van der Waals surface area contributed by atoms with Gasteiger partial charge in [0, 0.05) is 13.0 Å². The fraction of sp³-hybridized carbons (Fsp3) is 0.533. The Hall–Kier alpha value is -1.42. The summed E-state index contributed by atoms with van der Waals surface area (Å²) in [7, 11) is 0. The van der Waals surface area contributed by atoms with Gasteiger partial charge in [-0.15, -0.1) is 0 Å². The van der Waals surface area contributed by atoms with Crippen molar-refractivity contribution in [3.63, 3.8) is 0 Å². The Kier molecular flexibility index (Phi) is 5.96. The normalized spacial score (nSPS) is 14.2. The highest BCUT2D eigenvalue weighted by atomic mass is 19.1. The molecule has 0 aliphatic carbocycles. The zero-order chi connectivity index (χ0) is 14.4. The van der Waals surface area contributed by atoms with Crippen molar-refractivity contribution in [1.82, 2.24) is 5.32 Å². The molecule has 0 fully saturated rings. The predicted molar refractivity (Wildman–Crippen MR) is 73.3 cm³/mol. The molecule has 1 amide bonds. The van der Waals surface area contributed by atoms with E-state index in [4.69, 9.17) is 0 Å². The lowest BCUT2D eigenvalue weighted by Gasteiger charge is -2.16. The largest absolute Gasteiger partial charge is 0.391 e. The highest BCUT2D eigenvalue weighted by Crippen LogP contribution is 2.19. The molecular formula is C15H22FNO2. The van der Waals surface area contributed by atoms with Crippen LogP contribution in [0.2, 0.25) is 0 Å². The molecule has 0 aliphatic heterocycles. The van der Waals surface area contributed by atoms with Crippen LogP contribution in [0, 0.1) is 11.7 Å². The van der Waals surface area contributed by atoms with Gasteiger partial charge in [0.15, 0.2) is 0 Å². The Bertz CT molecular complexity index is 420. The monoisotopic (exact) mass is 267 g/mol. The third-order valence-electron chi connectivity index (χ3n) is 3.19. The molecule has 2 N–H and O–H groups in total. The number of hydrogen-bond acceptors (Lipinski definition) is 2. The quantitative estimate of drug-likeness (QED) is 0.831. The minimum Gasteiger partial charge on any atom is -0.391 e. The Morgan fingerprint density at radius 2 is 2.05 bits per heavy atom. The Morgan fingerprint density at radius 1 is 1.37 bits per heavy atom. The zero-order valence-corrected chi connectivity index (χ0v) is 11.7. The van der Waals surface area contributed by atoms with Crippen molar-refractivity contribution in [2.75, 3.05) is 6.54 Å². The Labute approximate surface area is 113 Å². The topological polar surface area (TPSA) is 49.3 Å². The van der Waals surface area contributed by atoms with E-state index in [1.807, 2.05) is 26.8 Å². The van der Waals surface area contributed by atoms with Crippen LogP contribution in [0.15, 0.2) is 24.3 Å². The van der Waals surface area contributed by atoms with Crippen LogP contribution < -0.4 is 5.32 Å². The van der Waals surface area contributed by atoms with E-state index < -0.39 is 6.10 Å². The molecule has 0 saturated carbocycles. The minimum absolute atomic E-state index is 0.0492. The van der Waals surface area contributed by atoms with Crippen molar-refractivity contribution in [2.45, 2.75) is 39.2 Å². The van der Waals surface area contributed by atoms with Crippen molar-refractivity contribution in [3.05, 3.63) is 35.6 Å². The first-order valence-electron chi connectivity index (χ1n) is 6.60. The number of benzene rings is 1. The zero-order valence-electron chi connectivity index (χ0n) is 11.7. The maximum atomic E-state index is 13.1. The first-order valence-corrected chi connectivity index (χ1v) is 6.60. The second-order valence-electron chi connectivity index (χ2n) is 5.28. The molecule has 1 rings (SSSR count). The molecule has 19 heavy (non-hydrogen) atoms. The standard InChI is InChI=1S/C15H22FNO2/c1-10(2)14(18)9-17-15(19)7-11(3)12-5-4-6-13(16)8-12/h4-6,8,10-11,14,18H,7,9H2,1-3H3,(H,17,19). The molecule has 0 bridgehead atoms. The van der Waals surface area contributed by atoms with Crippen LogP contribution in [0.4, 0.5) is 4.39 Å². The fourth-order valence-corrected chi connectivity index (χ4v) is 1.74. The molecule has 106 valence electrons. The van der Waals surface area contributed by atoms with E-state index in [2.05, 4.69) is 5.32 Å². The summed E-state index contributed by atoms with van der Waals surface area (Å²) >= 11 is 0. The van der Waals surface area contributed by atoms with Gasteiger partial charge in [-0.3, -0.25) is 4.79 Å². The van der Waals surface area contributed by atoms with Crippen LogP contribution in [0.25, 0.3) is 0 Å². The van der Waals surface area contributed by atoms with E-state index in [1.54, 1.807) is 6.07 Å². The minimum atomic E-state index is -0.534. The smallest absolute Gasteiger partial charge is 0.220 e. The Morgan fingerprint density at radius 3 is 2.63 bits per heavy atom. The number of carbonyl (C=O) groups is 1. The first-order chi connectivity index (χ1) is 8.90. The SMILES string of the molecule is CC(CC(=O)NCC(O)C(C)C)c1cccc(F)c1. The van der Waals surface area contributed by atoms with Gasteiger partial charge in [-0.1, -0.05) is 32.9 Å². The molecule has 0 saturated heterocycles. The lowest BCUT2D eigenvalue weighted by Crippen LogP contribution is -2.35. The fourth-order valence-electron chi connectivity index (χ4n) is 1.74. The summed E-state index contributed by atoms with van der Waals surface area (Å²) < 4.78 is 13.1. The highest BCUT2D eigenvalue weighted by Gasteiger charge is 2.14. The van der Waals surface area contributed by atoms with Crippen molar-refractivity contribution in [3.8, 4) is 0 Å². The van der Waals surface area contributed by atoms with Gasteiger partial charge in [-0.25, -0.2) is 4.39 Å². The number of carbonyl (C=O) groups excluding carboxylic acids is 1. The van der Waals surface area contributed by atoms with Crippen LogP contribution in [-0.4, -0.2) is 23.7 Å². The van der Waals surface area contributed by atoms with E-state index in [1.165, 1.54) is 12.1 Å². The van der Waals surface area contributed by atoms with Crippen LogP contribution >= 0.6 is 0 Å². The number of halogens is 1. The summed E-state index contributed by atoms with van der Waals surface area (Å²) in [5.41, 5.74) is 0.805. The molecular weight excluding hydrogens is 245 g/mol. The van der Waals surface area contributed by atoms with Crippen LogP contribution in [0.5, 0.6) is 0 Å². The second kappa shape index (κ2) is 7.24. The van der Waals surface area contributed by atoms with Crippen molar-refractivity contribution in [2.24, 2.45) is 5.92 Å². The molecule has 0 radical (unpaired) electrons. The maximum absolute atomic E-state index is 13.1. The summed E-state index contributed by atoms with van der Waals surface area (Å²) in [5.74, 6) is -0.357. The molecule has 0 aromatic heterocycles. The average molecular weight is 267 g/mol. The number of hydrogen-bond donors (Lipinski definition) is 2. The molecule has 1 aromatic carbocycles. The summed E-state index contributed by atoms with van der Waals surface area (Å²) in [5, 5.41) is 12.3. The van der Waals surface area contributed by atoms with Crippen molar-refractivity contribution < 1.29 is 14.3 Å². The van der Waals surface area contributed by atoms with Gasteiger partial charge >= 0.3 is 0 Å². The van der Waals surface area contributed by atoms with Crippen LogP contribution in [0.1, 0.15) is 38.7 Å². The number of rotatable bonds is 6. The third kappa shape index (κ3) is 5.39. The number of aliphatic hydroxyl groups excluding tert-OH is 1. The number of amides is 1. The van der Waals surface area contributed by atoms with Gasteiger partial charge in [-0.05, 0) is 29.5 Å². The van der Waals surface area contributed by atoms with Crippen molar-refractivity contribution >= 4 is 5.91 Å². The molecule has 0 aliphatic rings. The van der Waals surface area contributed by atoms with E-state index in [9.17, 15) is 14.3 Å².